The van der Waals surface area contributed by atoms with E-state index < -0.39 is 17.5 Å². The van der Waals surface area contributed by atoms with Gasteiger partial charge in [0.1, 0.15) is 5.67 Å². The Kier molecular flexibility index (Phi) is 29.6. The molecule has 1 saturated heterocycles. The maximum absolute atomic E-state index is 13.1. The third kappa shape index (κ3) is 29.8. The second-order valence-electron chi connectivity index (χ2n) is 12.2. The number of imide groups is 1. The number of aliphatic hydroxyl groups excluding tert-OH is 1. The first-order chi connectivity index (χ1) is 23.1. The molecule has 0 saturated carbocycles. The number of halogens is 1. The van der Waals surface area contributed by atoms with E-state index in [4.69, 9.17) is 15.6 Å². The fourth-order valence-corrected chi connectivity index (χ4v) is 5.19. The number of hydrogen-bond donors (Lipinski definition) is 5. The number of nitrogens with one attached hydrogen (secondary N) is 3. The van der Waals surface area contributed by atoms with E-state index in [1.807, 2.05) is 7.05 Å². The van der Waals surface area contributed by atoms with Gasteiger partial charge in [0, 0.05) is 65.6 Å². The molecule has 1 atom stereocenters. The molecule has 0 radical (unpaired) electrons. The van der Waals surface area contributed by atoms with Gasteiger partial charge >= 0.3 is 0 Å². The first-order valence-electron chi connectivity index (χ1n) is 17.1. The predicted molar refractivity (Wildman–Crippen MR) is 190 cm³/mol. The molecule has 1 fully saturated rings. The summed E-state index contributed by atoms with van der Waals surface area (Å²) in [5.41, 5.74) is 3.34. The fourth-order valence-electron chi connectivity index (χ4n) is 4.00. The Morgan fingerprint density at radius 1 is 0.959 bits per heavy atom. The molecule has 0 spiro atoms. The second-order valence-corrected chi connectivity index (χ2v) is 13.5. The molecule has 16 heteroatoms. The minimum absolute atomic E-state index is 0.00572. The lowest BCUT2D eigenvalue weighted by molar-refractivity contribution is -0.138. The van der Waals surface area contributed by atoms with Gasteiger partial charge in [0.15, 0.2) is 0 Å². The second kappa shape index (κ2) is 30.0. The number of rotatable bonds is 24. The number of likely N-dealkylation sites (tertiary alicyclic amines) is 1. The normalized spacial score (nSPS) is 14.1. The van der Waals surface area contributed by atoms with E-state index >= 15 is 0 Å². The number of alkyl halides is 1. The molecular weight excluding hydrogens is 659 g/mol. The van der Waals surface area contributed by atoms with E-state index in [2.05, 4.69) is 34.7 Å². The lowest BCUT2D eigenvalue weighted by Gasteiger charge is -2.14. The molecule has 1 rings (SSSR count). The molecule has 0 aliphatic carbocycles. The highest BCUT2D eigenvalue weighted by Gasteiger charge is 2.38. The van der Waals surface area contributed by atoms with Gasteiger partial charge in [0.05, 0.1) is 18.4 Å². The van der Waals surface area contributed by atoms with Crippen LogP contribution >= 0.6 is 11.8 Å². The summed E-state index contributed by atoms with van der Waals surface area (Å²) in [5, 5.41) is 16.2. The summed E-state index contributed by atoms with van der Waals surface area (Å²) < 4.78 is 17.9. The summed E-state index contributed by atoms with van der Waals surface area (Å²) in [6.45, 7) is 10.1. The van der Waals surface area contributed by atoms with Gasteiger partial charge in [-0.1, -0.05) is 33.1 Å². The molecule has 1 heterocycles. The minimum Gasteiger partial charge on any atom is -0.396 e. The van der Waals surface area contributed by atoms with E-state index in [-0.39, 0.29) is 87.2 Å². The molecule has 1 aliphatic rings. The highest BCUT2D eigenvalue weighted by Crippen LogP contribution is 2.26. The Labute approximate surface area is 296 Å². The smallest absolute Gasteiger partial charge is 0.242 e. The predicted octanol–water partition coefficient (Wildman–Crippen LogP) is 1.87. The van der Waals surface area contributed by atoms with Crippen molar-refractivity contribution in [2.45, 2.75) is 109 Å². The van der Waals surface area contributed by atoms with Crippen molar-refractivity contribution in [2.24, 2.45) is 5.73 Å². The number of nitrogens with zero attached hydrogens (tertiary/aromatic N) is 2. The zero-order valence-electron chi connectivity index (χ0n) is 30.6. The minimum atomic E-state index is -1.55. The van der Waals surface area contributed by atoms with Crippen LogP contribution in [0, 0.1) is 0 Å². The van der Waals surface area contributed by atoms with Crippen LogP contribution in [0.5, 0.6) is 0 Å². The molecule has 286 valence electrons. The monoisotopic (exact) mass is 722 g/mol. The van der Waals surface area contributed by atoms with Crippen molar-refractivity contribution < 1.29 is 43.0 Å². The zero-order valence-corrected chi connectivity index (χ0v) is 31.4. The zero-order chi connectivity index (χ0) is 37.7. The standard InChI is InChI=1S/C17H30N2O4S.C11H20FN3O3.C5H13NO/c1-2-3-9-18-15(21)8-10-19-16(22)13-14(17(19)23)24-12-7-5-4-6-11-20;1-11(2,12)7-10(18)15-6-5-14-9(17)4-3-8(13)16;1-4-6(2)5-7-3/h14,20H,2-13H2,1H3,(H,18,21);3-7H2,1-2H3,(H2,13,16)(H,14,17)(H,15,18);4-5H2,1-3H3. The number of methoxy groups -OCH3 is 1. The van der Waals surface area contributed by atoms with Gasteiger partial charge in [0.2, 0.25) is 35.4 Å². The number of nitrogens with two attached hydrogens (primary N) is 1. The van der Waals surface area contributed by atoms with Crippen LogP contribution in [-0.4, -0.2) is 127 Å². The van der Waals surface area contributed by atoms with Crippen molar-refractivity contribution in [3.8, 4) is 0 Å². The summed E-state index contributed by atoms with van der Waals surface area (Å²) in [6, 6.07) is 0. The molecule has 6 N–H and O–H groups in total. The van der Waals surface area contributed by atoms with Crippen LogP contribution < -0.4 is 21.7 Å². The average molecular weight is 723 g/mol. The SMILES string of the molecule is CC(C)(F)CC(=O)NCCNC(=O)CCC(N)=O.CCCCNC(=O)CCN1C(=O)CC(SCCCCCCO)C1=O.CCN(C)COC. The first-order valence-corrected chi connectivity index (χ1v) is 18.2. The molecule has 49 heavy (non-hydrogen) atoms. The number of carbonyl (C=O) groups excluding carboxylic acids is 6. The van der Waals surface area contributed by atoms with E-state index in [0.29, 0.717) is 6.54 Å². The lowest BCUT2D eigenvalue weighted by atomic mass is 10.1. The number of hydrogen-bond acceptors (Lipinski definition) is 10. The largest absolute Gasteiger partial charge is 0.396 e. The van der Waals surface area contributed by atoms with Crippen LogP contribution in [0.3, 0.4) is 0 Å². The Balaban J connectivity index is 0. The number of primary amides is 1. The number of amides is 6. The van der Waals surface area contributed by atoms with Crippen molar-refractivity contribution in [3.05, 3.63) is 0 Å². The van der Waals surface area contributed by atoms with Gasteiger partial charge in [-0.3, -0.25) is 38.6 Å². The molecule has 1 aliphatic heterocycles. The van der Waals surface area contributed by atoms with Gasteiger partial charge in [-0.25, -0.2) is 4.39 Å². The molecule has 1 unspecified atom stereocenters. The number of ether oxygens (including phenoxy) is 1. The van der Waals surface area contributed by atoms with Crippen LogP contribution in [-0.2, 0) is 33.5 Å². The van der Waals surface area contributed by atoms with Gasteiger partial charge in [-0.15, -0.1) is 11.8 Å². The van der Waals surface area contributed by atoms with E-state index in [9.17, 15) is 33.2 Å². The first kappa shape index (κ1) is 48.3. The summed E-state index contributed by atoms with van der Waals surface area (Å²) in [7, 11) is 3.72. The van der Waals surface area contributed by atoms with Crippen LogP contribution in [0.1, 0.15) is 98.3 Å². The third-order valence-corrected chi connectivity index (χ3v) is 8.12. The Bertz CT molecular complexity index is 970. The molecule has 0 bridgehead atoms. The van der Waals surface area contributed by atoms with Crippen molar-refractivity contribution >= 4 is 47.2 Å². The highest BCUT2D eigenvalue weighted by molar-refractivity contribution is 8.00. The van der Waals surface area contributed by atoms with E-state index in [1.54, 1.807) is 7.11 Å². The van der Waals surface area contributed by atoms with Gasteiger partial charge in [-0.2, -0.15) is 0 Å². The van der Waals surface area contributed by atoms with Crippen LogP contribution in [0.15, 0.2) is 0 Å². The van der Waals surface area contributed by atoms with Gasteiger partial charge in [0.25, 0.3) is 0 Å². The average Bonchev–Trinajstić information content (AvgIpc) is 3.30. The van der Waals surface area contributed by atoms with Crippen molar-refractivity contribution in [1.82, 2.24) is 25.8 Å². The Hall–Kier alpha value is -2.82. The van der Waals surface area contributed by atoms with Gasteiger partial charge < -0.3 is 31.5 Å². The van der Waals surface area contributed by atoms with Crippen molar-refractivity contribution in [1.29, 1.82) is 0 Å². The number of carbonyl (C=O) groups is 6. The van der Waals surface area contributed by atoms with Crippen molar-refractivity contribution in [3.63, 3.8) is 0 Å². The van der Waals surface area contributed by atoms with Crippen LogP contribution in [0.2, 0.25) is 0 Å². The van der Waals surface area contributed by atoms with Gasteiger partial charge in [-0.05, 0) is 52.5 Å². The van der Waals surface area contributed by atoms with Crippen LogP contribution in [0.4, 0.5) is 4.39 Å². The molecular formula is C33H63FN6O8S. The molecule has 0 aromatic carbocycles. The number of unbranched alkanes of at least 4 members (excludes halogenated alkanes) is 4. The quantitative estimate of drug-likeness (QED) is 0.0557. The highest BCUT2D eigenvalue weighted by atomic mass is 32.2. The Morgan fingerprint density at radius 3 is 2.08 bits per heavy atom. The topological polar surface area (TPSA) is 200 Å². The Morgan fingerprint density at radius 2 is 1.55 bits per heavy atom. The number of aliphatic hydroxyl groups is 1. The maximum atomic E-state index is 13.1. The lowest BCUT2D eigenvalue weighted by Crippen LogP contribution is -2.36. The molecule has 14 nitrogen and oxygen atoms in total. The van der Waals surface area contributed by atoms with Crippen LogP contribution in [0.25, 0.3) is 0 Å². The van der Waals surface area contributed by atoms with E-state index in [1.165, 1.54) is 30.5 Å². The number of thioether (sulfide) groups is 1. The summed E-state index contributed by atoms with van der Waals surface area (Å²) in [5.74, 6) is -0.836. The summed E-state index contributed by atoms with van der Waals surface area (Å²) >= 11 is 1.53. The maximum Gasteiger partial charge on any atom is 0.242 e. The summed E-state index contributed by atoms with van der Waals surface area (Å²) in [4.78, 5) is 72.0. The molecule has 6 amide bonds. The fraction of sp³-hybridized carbons (Fsp3) is 0.818. The third-order valence-electron chi connectivity index (χ3n) is 6.83. The molecule has 0 aromatic heterocycles. The van der Waals surface area contributed by atoms with E-state index in [0.717, 1.165) is 57.6 Å². The summed E-state index contributed by atoms with van der Waals surface area (Å²) in [6.07, 6.45) is 6.02. The van der Waals surface area contributed by atoms with Crippen molar-refractivity contribution in [2.75, 3.05) is 66.0 Å². The molecule has 0 aromatic rings.